The number of carbonyl (C=O) groups excluding carboxylic acids is 1. The number of fused-ring (bicyclic) bond motifs is 1. The van der Waals surface area contributed by atoms with Gasteiger partial charge in [-0.3, -0.25) is 4.79 Å². The van der Waals surface area contributed by atoms with Crippen LogP contribution in [0.2, 0.25) is 0 Å². The topological polar surface area (TPSA) is 36.1 Å². The van der Waals surface area contributed by atoms with E-state index in [1.54, 1.807) is 0 Å². The maximum atomic E-state index is 12.8. The summed E-state index contributed by atoms with van der Waals surface area (Å²) in [6, 6.07) is 16.6. The maximum Gasteiger partial charge on any atom is 0.253 e. The van der Waals surface area contributed by atoms with Crippen molar-refractivity contribution in [1.29, 1.82) is 0 Å². The fourth-order valence-corrected chi connectivity index (χ4v) is 3.57. The van der Waals surface area contributed by atoms with Crippen LogP contribution in [0.5, 0.6) is 0 Å². The Balaban J connectivity index is 1.53. The number of nitrogens with one attached hydrogen (secondary N) is 1. The standard InChI is InChI=1S/C21H22N2O/c1-14-7-8-17(11-15(14)2)21(24)23-10-9-18(13-23)20-12-16-5-3-4-6-19(16)22-20/h3-8,11-12,18,22H,9-10,13H2,1-2H3. The van der Waals surface area contributed by atoms with E-state index in [-0.39, 0.29) is 5.91 Å². The quantitative estimate of drug-likeness (QED) is 0.746. The van der Waals surface area contributed by atoms with Crippen molar-refractivity contribution in [2.75, 3.05) is 13.1 Å². The molecule has 0 bridgehead atoms. The largest absolute Gasteiger partial charge is 0.358 e. The lowest BCUT2D eigenvalue weighted by molar-refractivity contribution is 0.0790. The zero-order valence-electron chi connectivity index (χ0n) is 14.2. The number of para-hydroxylation sites is 1. The highest BCUT2D eigenvalue weighted by Crippen LogP contribution is 2.30. The van der Waals surface area contributed by atoms with Crippen LogP contribution in [-0.4, -0.2) is 28.9 Å². The first-order valence-electron chi connectivity index (χ1n) is 8.56. The van der Waals surface area contributed by atoms with Gasteiger partial charge in [0.25, 0.3) is 5.91 Å². The van der Waals surface area contributed by atoms with E-state index in [9.17, 15) is 4.79 Å². The minimum atomic E-state index is 0.150. The molecule has 1 fully saturated rings. The number of hydrogen-bond acceptors (Lipinski definition) is 1. The first-order chi connectivity index (χ1) is 11.6. The van der Waals surface area contributed by atoms with Crippen LogP contribution in [0, 0.1) is 13.8 Å². The van der Waals surface area contributed by atoms with Gasteiger partial charge in [-0.15, -0.1) is 0 Å². The number of carbonyl (C=O) groups is 1. The molecule has 1 aliphatic rings. The summed E-state index contributed by atoms with van der Waals surface area (Å²) >= 11 is 0. The Hall–Kier alpha value is -2.55. The third-order valence-corrected chi connectivity index (χ3v) is 5.22. The summed E-state index contributed by atoms with van der Waals surface area (Å²) in [6.45, 7) is 5.75. The fraction of sp³-hybridized carbons (Fsp3) is 0.286. The van der Waals surface area contributed by atoms with Crippen LogP contribution < -0.4 is 0 Å². The maximum absolute atomic E-state index is 12.8. The third-order valence-electron chi connectivity index (χ3n) is 5.22. The van der Waals surface area contributed by atoms with E-state index in [1.165, 1.54) is 27.7 Å². The van der Waals surface area contributed by atoms with Crippen molar-refractivity contribution in [3.8, 4) is 0 Å². The molecule has 3 nitrogen and oxygen atoms in total. The first kappa shape index (κ1) is 15.0. The Labute approximate surface area is 142 Å². The van der Waals surface area contributed by atoms with Crippen molar-refractivity contribution in [2.24, 2.45) is 0 Å². The summed E-state index contributed by atoms with van der Waals surface area (Å²) in [5, 5.41) is 1.24. The van der Waals surface area contributed by atoms with Gasteiger partial charge in [-0.05, 0) is 61.0 Å². The lowest BCUT2D eigenvalue weighted by atomic mass is 10.0. The van der Waals surface area contributed by atoms with Crippen LogP contribution in [-0.2, 0) is 0 Å². The molecule has 0 radical (unpaired) electrons. The summed E-state index contributed by atoms with van der Waals surface area (Å²) in [6.07, 6.45) is 1.02. The van der Waals surface area contributed by atoms with Gasteiger partial charge in [0.1, 0.15) is 0 Å². The number of hydrogen-bond donors (Lipinski definition) is 1. The molecule has 3 heteroatoms. The van der Waals surface area contributed by atoms with Gasteiger partial charge in [-0.1, -0.05) is 24.3 Å². The second-order valence-corrected chi connectivity index (χ2v) is 6.85. The molecule has 1 aromatic heterocycles. The first-order valence-corrected chi connectivity index (χ1v) is 8.56. The second kappa shape index (κ2) is 5.82. The van der Waals surface area contributed by atoms with E-state index < -0.39 is 0 Å². The number of rotatable bonds is 2. The highest BCUT2D eigenvalue weighted by atomic mass is 16.2. The van der Waals surface area contributed by atoms with Crippen molar-refractivity contribution in [2.45, 2.75) is 26.2 Å². The van der Waals surface area contributed by atoms with E-state index in [0.717, 1.165) is 25.1 Å². The fourth-order valence-electron chi connectivity index (χ4n) is 3.57. The van der Waals surface area contributed by atoms with Gasteiger partial charge in [0, 0.05) is 35.8 Å². The molecule has 3 aromatic rings. The summed E-state index contributed by atoms with van der Waals surface area (Å²) in [4.78, 5) is 18.3. The Bertz CT molecular complexity index is 876. The van der Waals surface area contributed by atoms with Gasteiger partial charge >= 0.3 is 0 Å². The molecule has 4 rings (SSSR count). The number of amides is 1. The molecule has 0 saturated carbocycles. The molecule has 122 valence electrons. The normalized spacial score (nSPS) is 17.6. The monoisotopic (exact) mass is 318 g/mol. The molecule has 0 aliphatic carbocycles. The molecular weight excluding hydrogens is 296 g/mol. The van der Waals surface area contributed by atoms with Gasteiger partial charge in [0.05, 0.1) is 0 Å². The van der Waals surface area contributed by atoms with Crippen molar-refractivity contribution in [3.63, 3.8) is 0 Å². The zero-order chi connectivity index (χ0) is 16.7. The molecular formula is C21H22N2O. The van der Waals surface area contributed by atoms with Gasteiger partial charge in [-0.25, -0.2) is 0 Å². The minimum absolute atomic E-state index is 0.150. The number of aromatic nitrogens is 1. The second-order valence-electron chi connectivity index (χ2n) is 6.85. The van der Waals surface area contributed by atoms with Gasteiger partial charge in [0.15, 0.2) is 0 Å². The molecule has 1 amide bonds. The Kier molecular flexibility index (Phi) is 3.64. The molecule has 1 aliphatic heterocycles. The lowest BCUT2D eigenvalue weighted by Crippen LogP contribution is -2.28. The van der Waals surface area contributed by atoms with Crippen LogP contribution in [0.1, 0.15) is 39.5 Å². The SMILES string of the molecule is Cc1ccc(C(=O)N2CCC(c3cc4ccccc4[nH]3)C2)cc1C. The van der Waals surface area contributed by atoms with Crippen LogP contribution >= 0.6 is 0 Å². The van der Waals surface area contributed by atoms with Crippen LogP contribution in [0.15, 0.2) is 48.5 Å². The molecule has 1 unspecified atom stereocenters. The number of aromatic amines is 1. The summed E-state index contributed by atoms with van der Waals surface area (Å²) in [5.41, 5.74) is 5.62. The summed E-state index contributed by atoms with van der Waals surface area (Å²) in [5.74, 6) is 0.546. The number of likely N-dealkylation sites (tertiary alicyclic amines) is 1. The number of nitrogens with zero attached hydrogens (tertiary/aromatic N) is 1. The summed E-state index contributed by atoms with van der Waals surface area (Å²) in [7, 11) is 0. The molecule has 1 saturated heterocycles. The highest BCUT2D eigenvalue weighted by molar-refractivity contribution is 5.94. The number of H-pyrrole nitrogens is 1. The van der Waals surface area contributed by atoms with Gasteiger partial charge in [-0.2, -0.15) is 0 Å². The molecule has 0 spiro atoms. The van der Waals surface area contributed by atoms with Gasteiger partial charge < -0.3 is 9.88 Å². The zero-order valence-corrected chi connectivity index (χ0v) is 14.2. The summed E-state index contributed by atoms with van der Waals surface area (Å²) < 4.78 is 0. The molecule has 24 heavy (non-hydrogen) atoms. The third kappa shape index (κ3) is 2.60. The van der Waals surface area contributed by atoms with Crippen molar-refractivity contribution < 1.29 is 4.79 Å². The van der Waals surface area contributed by atoms with Crippen LogP contribution in [0.4, 0.5) is 0 Å². The van der Waals surface area contributed by atoms with Crippen molar-refractivity contribution in [1.82, 2.24) is 9.88 Å². The van der Waals surface area contributed by atoms with Crippen molar-refractivity contribution >= 4 is 16.8 Å². The Morgan fingerprint density at radius 3 is 2.71 bits per heavy atom. The van der Waals surface area contributed by atoms with Crippen LogP contribution in [0.3, 0.4) is 0 Å². The Morgan fingerprint density at radius 2 is 1.92 bits per heavy atom. The van der Waals surface area contributed by atoms with Crippen molar-refractivity contribution in [3.05, 3.63) is 70.9 Å². The average molecular weight is 318 g/mol. The smallest absolute Gasteiger partial charge is 0.253 e. The van der Waals surface area contributed by atoms with E-state index in [2.05, 4.69) is 43.1 Å². The van der Waals surface area contributed by atoms with Gasteiger partial charge in [0.2, 0.25) is 0 Å². The highest BCUT2D eigenvalue weighted by Gasteiger charge is 2.29. The molecule has 2 aromatic carbocycles. The molecule has 1 N–H and O–H groups in total. The number of aryl methyl sites for hydroxylation is 2. The molecule has 2 heterocycles. The van der Waals surface area contributed by atoms with E-state index >= 15 is 0 Å². The van der Waals surface area contributed by atoms with E-state index in [4.69, 9.17) is 0 Å². The van der Waals surface area contributed by atoms with E-state index in [1.807, 2.05) is 29.2 Å². The average Bonchev–Trinajstić information content (AvgIpc) is 3.23. The number of benzene rings is 2. The van der Waals surface area contributed by atoms with E-state index in [0.29, 0.717) is 5.92 Å². The molecule has 1 atom stereocenters. The predicted molar refractivity (Wildman–Crippen MR) is 97.5 cm³/mol. The predicted octanol–water partition coefficient (Wildman–Crippen LogP) is 4.41. The van der Waals surface area contributed by atoms with Crippen LogP contribution in [0.25, 0.3) is 10.9 Å². The minimum Gasteiger partial charge on any atom is -0.358 e. The Morgan fingerprint density at radius 1 is 1.08 bits per heavy atom. The lowest BCUT2D eigenvalue weighted by Gasteiger charge is -2.17.